The number of hydrogen-bond acceptors (Lipinski definition) is 2. The van der Waals surface area contributed by atoms with Crippen molar-refractivity contribution in [2.24, 2.45) is 13.0 Å². The van der Waals surface area contributed by atoms with Gasteiger partial charge in [0.25, 0.3) is 0 Å². The third-order valence-corrected chi connectivity index (χ3v) is 4.43. The van der Waals surface area contributed by atoms with Crippen molar-refractivity contribution in [3.8, 4) is 0 Å². The number of nitrogens with zero attached hydrogens (tertiary/aromatic N) is 2. The largest absolute Gasteiger partial charge is 0.307 e. The highest BCUT2D eigenvalue weighted by Gasteiger charge is 2.22. The molecule has 1 aromatic rings. The molecule has 0 spiro atoms. The van der Waals surface area contributed by atoms with Gasteiger partial charge in [0.2, 0.25) is 0 Å². The molecule has 3 heteroatoms. The van der Waals surface area contributed by atoms with Crippen LogP contribution in [0, 0.1) is 12.8 Å². The fourth-order valence-corrected chi connectivity index (χ4v) is 3.22. The van der Waals surface area contributed by atoms with Crippen LogP contribution in [0.15, 0.2) is 6.20 Å². The molecule has 1 N–H and O–H groups in total. The maximum Gasteiger partial charge on any atom is 0.0641 e. The number of rotatable bonds is 4. The van der Waals surface area contributed by atoms with Crippen molar-refractivity contribution in [2.75, 3.05) is 0 Å². The van der Waals surface area contributed by atoms with Gasteiger partial charge in [0, 0.05) is 30.9 Å². The Morgan fingerprint density at radius 3 is 2.56 bits per heavy atom. The molecule has 18 heavy (non-hydrogen) atoms. The Hall–Kier alpha value is -0.830. The molecular formula is C15H27N3. The Kier molecular flexibility index (Phi) is 4.44. The van der Waals surface area contributed by atoms with E-state index in [9.17, 15) is 0 Å². The fraction of sp³-hybridized carbons (Fsp3) is 0.800. The van der Waals surface area contributed by atoms with E-state index in [0.717, 1.165) is 11.6 Å². The normalized spacial score (nSPS) is 26.2. The van der Waals surface area contributed by atoms with E-state index in [2.05, 4.69) is 37.4 Å². The summed E-state index contributed by atoms with van der Waals surface area (Å²) >= 11 is 0. The molecule has 0 aromatic carbocycles. The molecule has 1 atom stereocenters. The minimum atomic E-state index is 0.418. The second-order valence-electron chi connectivity index (χ2n) is 5.86. The minimum Gasteiger partial charge on any atom is -0.307 e. The molecule has 1 unspecified atom stereocenters. The average molecular weight is 249 g/mol. The van der Waals surface area contributed by atoms with Gasteiger partial charge in [0.05, 0.1) is 5.69 Å². The smallest absolute Gasteiger partial charge is 0.0641 e. The van der Waals surface area contributed by atoms with Gasteiger partial charge in [0.1, 0.15) is 0 Å². The second kappa shape index (κ2) is 5.87. The summed E-state index contributed by atoms with van der Waals surface area (Å²) in [6.45, 7) is 6.68. The second-order valence-corrected chi connectivity index (χ2v) is 5.86. The van der Waals surface area contributed by atoms with Crippen molar-refractivity contribution in [1.82, 2.24) is 15.1 Å². The Balaban J connectivity index is 1.88. The van der Waals surface area contributed by atoms with Crippen LogP contribution in [-0.4, -0.2) is 15.8 Å². The molecule has 1 aromatic heterocycles. The van der Waals surface area contributed by atoms with E-state index in [4.69, 9.17) is 0 Å². The Morgan fingerprint density at radius 2 is 2.06 bits per heavy atom. The zero-order chi connectivity index (χ0) is 13.1. The quantitative estimate of drug-likeness (QED) is 0.887. The molecule has 102 valence electrons. The molecule has 0 saturated heterocycles. The zero-order valence-corrected chi connectivity index (χ0v) is 12.2. The summed E-state index contributed by atoms with van der Waals surface area (Å²) in [5.74, 6) is 0.971. The number of hydrogen-bond donors (Lipinski definition) is 1. The summed E-state index contributed by atoms with van der Waals surface area (Å²) < 4.78 is 1.91. The first-order chi connectivity index (χ1) is 8.60. The van der Waals surface area contributed by atoms with Crippen molar-refractivity contribution < 1.29 is 0 Å². The summed E-state index contributed by atoms with van der Waals surface area (Å²) in [7, 11) is 2.00. The lowest BCUT2D eigenvalue weighted by Gasteiger charge is -2.30. The van der Waals surface area contributed by atoms with Gasteiger partial charge >= 0.3 is 0 Å². The van der Waals surface area contributed by atoms with E-state index < -0.39 is 0 Å². The van der Waals surface area contributed by atoms with Crippen LogP contribution in [0.5, 0.6) is 0 Å². The third-order valence-electron chi connectivity index (χ3n) is 4.43. The first-order valence-electron chi connectivity index (χ1n) is 7.36. The average Bonchev–Trinajstić information content (AvgIpc) is 2.69. The maximum absolute atomic E-state index is 4.43. The monoisotopic (exact) mass is 249 g/mol. The number of aromatic nitrogens is 2. The zero-order valence-electron chi connectivity index (χ0n) is 12.2. The van der Waals surface area contributed by atoms with E-state index >= 15 is 0 Å². The van der Waals surface area contributed by atoms with Crippen LogP contribution >= 0.6 is 0 Å². The molecular weight excluding hydrogens is 222 g/mol. The van der Waals surface area contributed by atoms with Gasteiger partial charge < -0.3 is 5.32 Å². The summed E-state index contributed by atoms with van der Waals surface area (Å²) in [5, 5.41) is 8.21. The molecule has 1 aliphatic carbocycles. The molecule has 2 rings (SSSR count). The molecule has 0 aliphatic heterocycles. The fourth-order valence-electron chi connectivity index (χ4n) is 3.22. The standard InChI is InChI=1S/C15H27N3/c1-5-13-6-8-14(9-7-13)16-11(2)15-10-18(4)17-12(15)3/h10-11,13-14,16H,5-9H2,1-4H3. The van der Waals surface area contributed by atoms with Crippen LogP contribution in [0.25, 0.3) is 0 Å². The molecule has 1 saturated carbocycles. The lowest BCUT2D eigenvalue weighted by atomic mass is 9.84. The van der Waals surface area contributed by atoms with E-state index in [-0.39, 0.29) is 0 Å². The highest BCUT2D eigenvalue weighted by atomic mass is 15.3. The van der Waals surface area contributed by atoms with Gasteiger partial charge in [-0.15, -0.1) is 0 Å². The first-order valence-corrected chi connectivity index (χ1v) is 7.36. The van der Waals surface area contributed by atoms with E-state index in [1.54, 1.807) is 0 Å². The van der Waals surface area contributed by atoms with Gasteiger partial charge in [0.15, 0.2) is 0 Å². The van der Waals surface area contributed by atoms with Crippen LogP contribution < -0.4 is 5.32 Å². The lowest BCUT2D eigenvalue weighted by molar-refractivity contribution is 0.273. The molecule has 1 aliphatic rings. The maximum atomic E-state index is 4.43. The lowest BCUT2D eigenvalue weighted by Crippen LogP contribution is -2.35. The highest BCUT2D eigenvalue weighted by Crippen LogP contribution is 2.28. The summed E-state index contributed by atoms with van der Waals surface area (Å²) in [5.41, 5.74) is 2.50. The Labute approximate surface area is 111 Å². The van der Waals surface area contributed by atoms with Crippen molar-refractivity contribution in [1.29, 1.82) is 0 Å². The van der Waals surface area contributed by atoms with Crippen LogP contribution in [0.4, 0.5) is 0 Å². The van der Waals surface area contributed by atoms with Crippen molar-refractivity contribution in [3.63, 3.8) is 0 Å². The summed E-state index contributed by atoms with van der Waals surface area (Å²) in [6.07, 6.45) is 8.96. The number of aryl methyl sites for hydroxylation is 2. The molecule has 0 amide bonds. The van der Waals surface area contributed by atoms with Crippen LogP contribution in [0.3, 0.4) is 0 Å². The van der Waals surface area contributed by atoms with Crippen molar-refractivity contribution in [2.45, 2.75) is 65.0 Å². The van der Waals surface area contributed by atoms with Crippen LogP contribution in [-0.2, 0) is 7.05 Å². The summed E-state index contributed by atoms with van der Waals surface area (Å²) in [4.78, 5) is 0. The third kappa shape index (κ3) is 3.14. The summed E-state index contributed by atoms with van der Waals surface area (Å²) in [6, 6.07) is 1.12. The SMILES string of the molecule is CCC1CCC(NC(C)c2cn(C)nc2C)CC1. The molecule has 0 radical (unpaired) electrons. The van der Waals surface area contributed by atoms with Gasteiger partial charge in [-0.3, -0.25) is 4.68 Å². The Bertz CT molecular complexity index is 375. The predicted octanol–water partition coefficient (Wildman–Crippen LogP) is 3.35. The van der Waals surface area contributed by atoms with Gasteiger partial charge in [-0.25, -0.2) is 0 Å². The first kappa shape index (κ1) is 13.6. The van der Waals surface area contributed by atoms with E-state index in [1.165, 1.54) is 37.7 Å². The topological polar surface area (TPSA) is 29.9 Å². The highest BCUT2D eigenvalue weighted by molar-refractivity contribution is 5.19. The minimum absolute atomic E-state index is 0.418. The predicted molar refractivity (Wildman–Crippen MR) is 75.5 cm³/mol. The number of nitrogens with one attached hydrogen (secondary N) is 1. The Morgan fingerprint density at radius 1 is 1.39 bits per heavy atom. The molecule has 3 nitrogen and oxygen atoms in total. The van der Waals surface area contributed by atoms with Crippen molar-refractivity contribution in [3.05, 3.63) is 17.5 Å². The van der Waals surface area contributed by atoms with Crippen LogP contribution in [0.2, 0.25) is 0 Å². The van der Waals surface area contributed by atoms with Crippen LogP contribution in [0.1, 0.15) is 63.3 Å². The van der Waals surface area contributed by atoms with Gasteiger partial charge in [-0.1, -0.05) is 13.3 Å². The van der Waals surface area contributed by atoms with E-state index in [1.807, 2.05) is 11.7 Å². The van der Waals surface area contributed by atoms with Gasteiger partial charge in [-0.2, -0.15) is 5.10 Å². The molecule has 1 heterocycles. The van der Waals surface area contributed by atoms with Crippen molar-refractivity contribution >= 4 is 0 Å². The molecule has 1 fully saturated rings. The molecule has 0 bridgehead atoms. The van der Waals surface area contributed by atoms with Gasteiger partial charge in [-0.05, 0) is 45.4 Å². The van der Waals surface area contributed by atoms with E-state index in [0.29, 0.717) is 12.1 Å².